The van der Waals surface area contributed by atoms with Crippen LogP contribution in [0, 0.1) is 0 Å². The molecule has 7 heteroatoms. The topological polar surface area (TPSA) is 72.9 Å². The van der Waals surface area contributed by atoms with E-state index in [1.165, 1.54) is 4.90 Å². The van der Waals surface area contributed by atoms with Gasteiger partial charge in [-0.15, -0.1) is 0 Å². The fourth-order valence-electron chi connectivity index (χ4n) is 3.44. The van der Waals surface area contributed by atoms with Crippen LogP contribution in [0.5, 0.6) is 5.75 Å². The van der Waals surface area contributed by atoms with E-state index in [2.05, 4.69) is 15.9 Å². The molecule has 4 rings (SSSR count). The molecule has 0 spiro atoms. The Hall–Kier alpha value is -2.15. The van der Waals surface area contributed by atoms with E-state index in [1.807, 2.05) is 0 Å². The van der Waals surface area contributed by atoms with Crippen molar-refractivity contribution in [3.05, 3.63) is 33.8 Å². The molecule has 1 saturated heterocycles. The van der Waals surface area contributed by atoms with Gasteiger partial charge in [-0.2, -0.15) is 0 Å². The highest BCUT2D eigenvalue weighted by Crippen LogP contribution is 2.38. The molecule has 25 heavy (non-hydrogen) atoms. The van der Waals surface area contributed by atoms with Crippen molar-refractivity contribution >= 4 is 39.4 Å². The van der Waals surface area contributed by atoms with Crippen molar-refractivity contribution in [2.75, 3.05) is 11.5 Å². The monoisotopic (exact) mass is 405 g/mol. The molecule has 2 amide bonds. The molecule has 1 atom stereocenters. The lowest BCUT2D eigenvalue weighted by molar-refractivity contribution is -0.138. The number of halogens is 1. The number of cyclic esters (lactones) is 1. The molecule has 130 valence electrons. The number of imide groups is 1. The molecule has 1 fully saturated rings. The minimum absolute atomic E-state index is 0.189. The molecule has 2 heterocycles. The maximum atomic E-state index is 12.7. The Morgan fingerprint density at radius 2 is 1.76 bits per heavy atom. The number of rotatable bonds is 3. The Kier molecular flexibility index (Phi) is 4.11. The van der Waals surface area contributed by atoms with E-state index >= 15 is 0 Å². The van der Waals surface area contributed by atoms with Gasteiger partial charge in [0.15, 0.2) is 0 Å². The predicted octanol–water partition coefficient (Wildman–Crippen LogP) is 2.89. The molecule has 1 unspecified atom stereocenters. The van der Waals surface area contributed by atoms with Crippen molar-refractivity contribution in [3.8, 4) is 5.75 Å². The summed E-state index contributed by atoms with van der Waals surface area (Å²) in [5.74, 6) is -0.273. The van der Waals surface area contributed by atoms with Crippen LogP contribution >= 0.6 is 15.9 Å². The van der Waals surface area contributed by atoms with E-state index in [-0.39, 0.29) is 36.9 Å². The van der Waals surface area contributed by atoms with Gasteiger partial charge in [-0.1, -0.05) is 0 Å². The lowest BCUT2D eigenvalue weighted by atomic mass is 9.93. The average Bonchev–Trinajstić information content (AvgIpc) is 3.12. The molecule has 6 nitrogen and oxygen atoms in total. The first kappa shape index (κ1) is 16.3. The number of benzene rings is 1. The number of ether oxygens (including phenoxy) is 2. The summed E-state index contributed by atoms with van der Waals surface area (Å²) in [5, 5.41) is 0. The lowest BCUT2D eigenvalue weighted by Crippen LogP contribution is -2.31. The van der Waals surface area contributed by atoms with Crippen molar-refractivity contribution in [1.29, 1.82) is 0 Å². The van der Waals surface area contributed by atoms with Crippen LogP contribution < -0.4 is 9.64 Å². The first-order valence-electron chi connectivity index (χ1n) is 8.27. The van der Waals surface area contributed by atoms with Crippen LogP contribution in [0.4, 0.5) is 5.69 Å². The van der Waals surface area contributed by atoms with Gasteiger partial charge in [-0.3, -0.25) is 14.4 Å². The van der Waals surface area contributed by atoms with E-state index < -0.39 is 0 Å². The largest absolute Gasteiger partial charge is 0.485 e. The molecule has 0 saturated carbocycles. The molecule has 0 aromatic heterocycles. The third-order valence-electron chi connectivity index (χ3n) is 4.68. The molecule has 1 aliphatic carbocycles. The summed E-state index contributed by atoms with van der Waals surface area (Å²) in [4.78, 5) is 37.8. The molecule has 1 aromatic rings. The van der Waals surface area contributed by atoms with Gasteiger partial charge in [-0.05, 0) is 53.7 Å². The Morgan fingerprint density at radius 1 is 1.08 bits per heavy atom. The van der Waals surface area contributed by atoms with Crippen molar-refractivity contribution < 1.29 is 23.9 Å². The first-order chi connectivity index (χ1) is 12.0. The van der Waals surface area contributed by atoms with Gasteiger partial charge in [0.1, 0.15) is 18.5 Å². The summed E-state index contributed by atoms with van der Waals surface area (Å²) in [7, 11) is 0. The number of esters is 1. The number of amides is 2. The molecule has 3 aliphatic rings. The normalized spacial score (nSPS) is 23.2. The van der Waals surface area contributed by atoms with Crippen LogP contribution in [0.1, 0.15) is 32.1 Å². The Balaban J connectivity index is 1.61. The van der Waals surface area contributed by atoms with E-state index in [0.717, 1.165) is 12.8 Å². The summed E-state index contributed by atoms with van der Waals surface area (Å²) in [6, 6.07) is 5.10. The quantitative estimate of drug-likeness (QED) is 0.570. The van der Waals surface area contributed by atoms with E-state index in [9.17, 15) is 14.4 Å². The number of carbonyl (C=O) groups excluding carboxylic acids is 3. The zero-order chi connectivity index (χ0) is 17.6. The summed E-state index contributed by atoms with van der Waals surface area (Å²) < 4.78 is 11.4. The molecule has 2 aliphatic heterocycles. The van der Waals surface area contributed by atoms with Gasteiger partial charge >= 0.3 is 5.97 Å². The number of hydrogen-bond donors (Lipinski definition) is 0. The number of anilines is 1. The fraction of sp³-hybridized carbons (Fsp3) is 0.389. The maximum absolute atomic E-state index is 12.7. The minimum Gasteiger partial charge on any atom is -0.485 e. The Morgan fingerprint density at radius 3 is 2.36 bits per heavy atom. The van der Waals surface area contributed by atoms with E-state index in [4.69, 9.17) is 9.47 Å². The first-order valence-corrected chi connectivity index (χ1v) is 9.06. The van der Waals surface area contributed by atoms with Crippen molar-refractivity contribution in [1.82, 2.24) is 0 Å². The van der Waals surface area contributed by atoms with Gasteiger partial charge in [0.25, 0.3) is 11.8 Å². The number of hydrogen-bond acceptors (Lipinski definition) is 5. The van der Waals surface area contributed by atoms with E-state index in [0.29, 0.717) is 39.9 Å². The van der Waals surface area contributed by atoms with Gasteiger partial charge in [-0.25, -0.2) is 4.90 Å². The van der Waals surface area contributed by atoms with Crippen LogP contribution in [0.2, 0.25) is 0 Å². The van der Waals surface area contributed by atoms with Gasteiger partial charge in [0, 0.05) is 17.2 Å². The van der Waals surface area contributed by atoms with E-state index in [1.54, 1.807) is 18.2 Å². The highest BCUT2D eigenvalue weighted by molar-refractivity contribution is 9.10. The minimum atomic E-state index is -0.365. The third kappa shape index (κ3) is 2.86. The Bertz CT molecular complexity index is 788. The number of carbonyl (C=O) groups is 3. The van der Waals surface area contributed by atoms with Crippen LogP contribution in [0.3, 0.4) is 0 Å². The third-order valence-corrected chi connectivity index (χ3v) is 5.34. The summed E-state index contributed by atoms with van der Waals surface area (Å²) in [6.07, 6.45) is 3.03. The molecule has 0 N–H and O–H groups in total. The SMILES string of the molecule is O=C1CC(Oc2cc(N3C(=O)C4=C(CCCC4)C3=O)ccc2Br)CO1. The zero-order valence-corrected chi connectivity index (χ0v) is 15.0. The van der Waals surface area contributed by atoms with Gasteiger partial charge in [0.05, 0.1) is 16.6 Å². The maximum Gasteiger partial charge on any atom is 0.309 e. The van der Waals surface area contributed by atoms with Crippen LogP contribution in [-0.2, 0) is 19.1 Å². The molecule has 0 bridgehead atoms. The molecular formula is C18H16BrNO5. The molecule has 0 radical (unpaired) electrons. The van der Waals surface area contributed by atoms with Crippen LogP contribution in [0.25, 0.3) is 0 Å². The predicted molar refractivity (Wildman–Crippen MR) is 92.1 cm³/mol. The molecule has 1 aromatic carbocycles. The van der Waals surface area contributed by atoms with Crippen molar-refractivity contribution in [2.24, 2.45) is 0 Å². The van der Waals surface area contributed by atoms with Gasteiger partial charge in [0.2, 0.25) is 0 Å². The summed E-state index contributed by atoms with van der Waals surface area (Å²) in [5.41, 5.74) is 1.78. The highest BCUT2D eigenvalue weighted by Gasteiger charge is 2.40. The number of nitrogens with zero attached hydrogens (tertiary/aromatic N) is 1. The second-order valence-electron chi connectivity index (χ2n) is 6.35. The lowest BCUT2D eigenvalue weighted by Gasteiger charge is -2.18. The average molecular weight is 406 g/mol. The zero-order valence-electron chi connectivity index (χ0n) is 13.4. The summed E-state index contributed by atoms with van der Waals surface area (Å²) in [6.45, 7) is 0.201. The second kappa shape index (κ2) is 6.29. The highest BCUT2D eigenvalue weighted by atomic mass is 79.9. The van der Waals surface area contributed by atoms with Gasteiger partial charge < -0.3 is 9.47 Å². The summed E-state index contributed by atoms with van der Waals surface area (Å²) >= 11 is 3.40. The molecular weight excluding hydrogens is 390 g/mol. The standard InChI is InChI=1S/C18H16BrNO5/c19-14-6-5-10(7-15(14)25-11-8-16(21)24-9-11)20-17(22)12-3-1-2-4-13(12)18(20)23/h5-7,11H,1-4,8-9H2. The fourth-order valence-corrected chi connectivity index (χ4v) is 3.78. The smallest absolute Gasteiger partial charge is 0.309 e. The van der Waals surface area contributed by atoms with Crippen LogP contribution in [-0.4, -0.2) is 30.5 Å². The van der Waals surface area contributed by atoms with Crippen molar-refractivity contribution in [2.45, 2.75) is 38.2 Å². The second-order valence-corrected chi connectivity index (χ2v) is 7.21. The Labute approximate surface area is 152 Å². The van der Waals surface area contributed by atoms with Crippen molar-refractivity contribution in [3.63, 3.8) is 0 Å². The van der Waals surface area contributed by atoms with Crippen LogP contribution in [0.15, 0.2) is 33.8 Å².